The first-order valence-corrected chi connectivity index (χ1v) is 8.11. The molecule has 20 heavy (non-hydrogen) atoms. The molecule has 0 fully saturated rings. The van der Waals surface area contributed by atoms with Crippen molar-refractivity contribution in [2.24, 2.45) is 0 Å². The first-order chi connectivity index (χ1) is 9.65. The summed E-state index contributed by atoms with van der Waals surface area (Å²) in [5.41, 5.74) is 3.12. The average molecular weight is 353 g/mol. The zero-order valence-electron chi connectivity index (χ0n) is 11.3. The third-order valence-corrected chi connectivity index (χ3v) is 4.41. The lowest BCUT2D eigenvalue weighted by Crippen LogP contribution is -2.31. The van der Waals surface area contributed by atoms with Crippen LogP contribution in [0.5, 0.6) is 0 Å². The number of benzene rings is 1. The molecule has 0 aliphatic carbocycles. The van der Waals surface area contributed by atoms with Gasteiger partial charge < -0.3 is 10.6 Å². The Balaban J connectivity index is 1.65. The summed E-state index contributed by atoms with van der Waals surface area (Å²) in [6, 6.07) is 9.69. The summed E-state index contributed by atoms with van der Waals surface area (Å²) < 4.78 is 1.14. The van der Waals surface area contributed by atoms with Gasteiger partial charge in [-0.25, -0.2) is 0 Å². The number of nitrogens with one attached hydrogen (secondary N) is 2. The lowest BCUT2D eigenvalue weighted by atomic mass is 10.1. The van der Waals surface area contributed by atoms with Gasteiger partial charge in [0.25, 0.3) is 5.91 Å². The average Bonchev–Trinajstić information content (AvgIpc) is 2.84. The lowest BCUT2D eigenvalue weighted by molar-refractivity contribution is 0.0954. The Kier molecular flexibility index (Phi) is 5.76. The summed E-state index contributed by atoms with van der Waals surface area (Å²) in [5, 5.41) is 8.32. The minimum Gasteiger partial charge on any atom is -0.351 e. The Labute approximate surface area is 131 Å². The van der Waals surface area contributed by atoms with E-state index in [9.17, 15) is 4.79 Å². The van der Waals surface area contributed by atoms with Crippen LogP contribution in [0.2, 0.25) is 0 Å². The maximum atomic E-state index is 11.8. The first kappa shape index (κ1) is 15.2. The smallest absolute Gasteiger partial charge is 0.251 e. The van der Waals surface area contributed by atoms with E-state index in [0.29, 0.717) is 12.1 Å². The molecule has 2 N–H and O–H groups in total. The molecule has 0 saturated carbocycles. The Morgan fingerprint density at radius 3 is 2.65 bits per heavy atom. The van der Waals surface area contributed by atoms with Gasteiger partial charge in [0.05, 0.1) is 3.79 Å². The molecule has 5 heteroatoms. The first-order valence-electron chi connectivity index (χ1n) is 6.43. The monoisotopic (exact) mass is 352 g/mol. The fraction of sp³-hybridized carbons (Fsp3) is 0.267. The molecule has 0 spiro atoms. The highest BCUT2D eigenvalue weighted by Crippen LogP contribution is 2.20. The minimum absolute atomic E-state index is 0.0231. The molecule has 2 rings (SSSR count). The third-order valence-electron chi connectivity index (χ3n) is 2.85. The van der Waals surface area contributed by atoms with Crippen LogP contribution in [0.3, 0.4) is 0 Å². The van der Waals surface area contributed by atoms with Crippen LogP contribution in [0.4, 0.5) is 0 Å². The van der Waals surface area contributed by atoms with Crippen LogP contribution in [0.25, 0.3) is 0 Å². The van der Waals surface area contributed by atoms with Crippen LogP contribution in [-0.4, -0.2) is 19.0 Å². The summed E-state index contributed by atoms with van der Waals surface area (Å²) in [5.74, 6) is -0.0231. The largest absolute Gasteiger partial charge is 0.351 e. The molecule has 0 aliphatic heterocycles. The predicted molar refractivity (Wildman–Crippen MR) is 87.2 cm³/mol. The number of aryl methyl sites for hydroxylation is 1. The van der Waals surface area contributed by atoms with Crippen molar-refractivity contribution < 1.29 is 4.79 Å². The van der Waals surface area contributed by atoms with Gasteiger partial charge in [0.1, 0.15) is 0 Å². The van der Waals surface area contributed by atoms with E-state index in [-0.39, 0.29) is 5.91 Å². The van der Waals surface area contributed by atoms with Gasteiger partial charge in [0, 0.05) is 25.2 Å². The third kappa shape index (κ3) is 4.74. The molecule has 0 radical (unpaired) electrons. The number of halogens is 1. The molecule has 0 bridgehead atoms. The Morgan fingerprint density at radius 1 is 1.25 bits per heavy atom. The van der Waals surface area contributed by atoms with Crippen LogP contribution in [0, 0.1) is 6.92 Å². The molecular weight excluding hydrogens is 336 g/mol. The van der Waals surface area contributed by atoms with Gasteiger partial charge in [-0.2, -0.15) is 0 Å². The predicted octanol–water partition coefficient (Wildman–Crippen LogP) is 3.34. The van der Waals surface area contributed by atoms with E-state index in [1.807, 2.05) is 31.2 Å². The zero-order valence-corrected chi connectivity index (χ0v) is 13.7. The van der Waals surface area contributed by atoms with E-state index in [1.54, 1.807) is 11.3 Å². The minimum atomic E-state index is -0.0231. The van der Waals surface area contributed by atoms with Gasteiger partial charge in [-0.3, -0.25) is 4.79 Å². The van der Waals surface area contributed by atoms with Crippen molar-refractivity contribution in [1.29, 1.82) is 0 Å². The van der Waals surface area contributed by atoms with Gasteiger partial charge >= 0.3 is 0 Å². The fourth-order valence-corrected chi connectivity index (χ4v) is 2.95. The number of carbonyl (C=O) groups excluding carboxylic acids is 1. The summed E-state index contributed by atoms with van der Waals surface area (Å²) in [6.07, 6.45) is 0. The van der Waals surface area contributed by atoms with Crippen molar-refractivity contribution in [2.45, 2.75) is 13.5 Å². The quantitative estimate of drug-likeness (QED) is 0.782. The van der Waals surface area contributed by atoms with E-state index >= 15 is 0 Å². The van der Waals surface area contributed by atoms with Gasteiger partial charge in [-0.05, 0) is 52.0 Å². The van der Waals surface area contributed by atoms with E-state index < -0.39 is 0 Å². The second kappa shape index (κ2) is 7.57. The SMILES string of the molecule is Cc1ccc(C(=O)NCCNCc2csc(Br)c2)cc1. The Hall–Kier alpha value is -1.17. The maximum Gasteiger partial charge on any atom is 0.251 e. The van der Waals surface area contributed by atoms with Gasteiger partial charge in [-0.15, -0.1) is 11.3 Å². The molecule has 0 saturated heterocycles. The Bertz CT molecular complexity index is 566. The summed E-state index contributed by atoms with van der Waals surface area (Å²) in [4.78, 5) is 11.8. The number of carbonyl (C=O) groups is 1. The van der Waals surface area contributed by atoms with Gasteiger partial charge in [0.15, 0.2) is 0 Å². The van der Waals surface area contributed by atoms with Gasteiger partial charge in [-0.1, -0.05) is 17.7 Å². The molecule has 1 heterocycles. The van der Waals surface area contributed by atoms with E-state index in [4.69, 9.17) is 0 Å². The van der Waals surface area contributed by atoms with Crippen molar-refractivity contribution in [3.8, 4) is 0 Å². The topological polar surface area (TPSA) is 41.1 Å². The molecule has 1 aromatic carbocycles. The van der Waals surface area contributed by atoms with E-state index in [1.165, 1.54) is 5.56 Å². The standard InChI is InChI=1S/C15H17BrN2OS/c1-11-2-4-13(5-3-11)15(19)18-7-6-17-9-12-8-14(16)20-10-12/h2-5,8,10,17H,6-7,9H2,1H3,(H,18,19). The van der Waals surface area contributed by atoms with Crippen LogP contribution in [-0.2, 0) is 6.54 Å². The molecule has 0 unspecified atom stereocenters. The van der Waals surface area contributed by atoms with Crippen LogP contribution < -0.4 is 10.6 Å². The highest BCUT2D eigenvalue weighted by atomic mass is 79.9. The summed E-state index contributed by atoms with van der Waals surface area (Å²) >= 11 is 5.12. The highest BCUT2D eigenvalue weighted by Gasteiger charge is 2.03. The molecule has 0 atom stereocenters. The van der Waals surface area contributed by atoms with E-state index in [0.717, 1.165) is 22.4 Å². The summed E-state index contributed by atoms with van der Waals surface area (Å²) in [6.45, 7) is 4.21. The van der Waals surface area contributed by atoms with Crippen molar-refractivity contribution in [3.05, 3.63) is 56.2 Å². The van der Waals surface area contributed by atoms with Crippen molar-refractivity contribution in [3.63, 3.8) is 0 Å². The maximum absolute atomic E-state index is 11.8. The molecule has 2 aromatic rings. The normalized spacial score (nSPS) is 10.5. The van der Waals surface area contributed by atoms with Crippen molar-refractivity contribution in [2.75, 3.05) is 13.1 Å². The van der Waals surface area contributed by atoms with Crippen molar-refractivity contribution in [1.82, 2.24) is 10.6 Å². The zero-order chi connectivity index (χ0) is 14.4. The van der Waals surface area contributed by atoms with Gasteiger partial charge in [0.2, 0.25) is 0 Å². The number of rotatable bonds is 6. The fourth-order valence-electron chi connectivity index (χ4n) is 1.74. The van der Waals surface area contributed by atoms with Crippen LogP contribution >= 0.6 is 27.3 Å². The van der Waals surface area contributed by atoms with Crippen LogP contribution in [0.15, 0.2) is 39.5 Å². The molecule has 0 aliphatic rings. The van der Waals surface area contributed by atoms with E-state index in [2.05, 4.69) is 38.0 Å². The number of hydrogen-bond acceptors (Lipinski definition) is 3. The lowest BCUT2D eigenvalue weighted by Gasteiger charge is -2.06. The summed E-state index contributed by atoms with van der Waals surface area (Å²) in [7, 11) is 0. The molecular formula is C15H17BrN2OS. The highest BCUT2D eigenvalue weighted by molar-refractivity contribution is 9.11. The molecule has 1 aromatic heterocycles. The molecule has 106 valence electrons. The number of hydrogen-bond donors (Lipinski definition) is 2. The molecule has 3 nitrogen and oxygen atoms in total. The van der Waals surface area contributed by atoms with Crippen molar-refractivity contribution >= 4 is 33.2 Å². The molecule has 1 amide bonds. The second-order valence-corrected chi connectivity index (χ2v) is 6.85. The second-order valence-electron chi connectivity index (χ2n) is 4.56. The van der Waals surface area contributed by atoms with Crippen LogP contribution in [0.1, 0.15) is 21.5 Å². The Morgan fingerprint density at radius 2 is 2.00 bits per heavy atom. The number of thiophene rings is 1. The number of amides is 1.